The van der Waals surface area contributed by atoms with Gasteiger partial charge >= 0.3 is 5.97 Å². The van der Waals surface area contributed by atoms with Crippen LogP contribution in [0.25, 0.3) is 0 Å². The zero-order valence-electron chi connectivity index (χ0n) is 11.9. The van der Waals surface area contributed by atoms with Crippen molar-refractivity contribution in [1.29, 1.82) is 0 Å². The van der Waals surface area contributed by atoms with E-state index in [9.17, 15) is 19.7 Å². The van der Waals surface area contributed by atoms with Crippen molar-refractivity contribution in [2.24, 2.45) is 5.92 Å². The molecule has 0 spiro atoms. The first-order valence-electron chi connectivity index (χ1n) is 6.63. The molecular weight excluding hydrogens is 276 g/mol. The molecule has 1 heterocycles. The average Bonchev–Trinajstić information content (AvgIpc) is 2.87. The number of nitro groups is 1. The lowest BCUT2D eigenvalue weighted by atomic mass is 10.1. The van der Waals surface area contributed by atoms with Gasteiger partial charge in [0.15, 0.2) is 0 Å². The van der Waals surface area contributed by atoms with Gasteiger partial charge in [-0.25, -0.2) is 0 Å². The van der Waals surface area contributed by atoms with Crippen LogP contribution in [-0.2, 0) is 20.7 Å². The molecule has 112 valence electrons. The van der Waals surface area contributed by atoms with E-state index in [1.807, 2.05) is 6.92 Å². The largest absolute Gasteiger partial charge is 0.469 e. The fraction of sp³-hybridized carbons (Fsp3) is 0.429. The minimum atomic E-state index is -0.484. The second-order valence-electron chi connectivity index (χ2n) is 4.85. The van der Waals surface area contributed by atoms with Crippen LogP contribution in [0.4, 0.5) is 11.4 Å². The van der Waals surface area contributed by atoms with E-state index in [0.29, 0.717) is 17.7 Å². The monoisotopic (exact) mass is 292 g/mol. The number of non-ortho nitro benzene ring substituents is 1. The maximum Gasteiger partial charge on any atom is 0.311 e. The third-order valence-electron chi connectivity index (χ3n) is 3.61. The molecule has 0 aliphatic carbocycles. The van der Waals surface area contributed by atoms with Crippen LogP contribution >= 0.6 is 0 Å². The lowest BCUT2D eigenvalue weighted by molar-refractivity contribution is -0.384. The Bertz CT molecular complexity index is 599. The van der Waals surface area contributed by atoms with Crippen LogP contribution in [0.15, 0.2) is 18.2 Å². The van der Waals surface area contributed by atoms with Gasteiger partial charge in [-0.05, 0) is 18.1 Å². The maximum absolute atomic E-state index is 12.1. The molecule has 7 nitrogen and oxygen atoms in total. The summed E-state index contributed by atoms with van der Waals surface area (Å²) in [7, 11) is 1.29. The second-order valence-corrected chi connectivity index (χ2v) is 4.85. The second kappa shape index (κ2) is 5.90. The molecule has 0 N–H and O–H groups in total. The van der Waals surface area contributed by atoms with E-state index >= 15 is 0 Å². The molecule has 1 aliphatic rings. The number of carbonyl (C=O) groups is 2. The highest BCUT2D eigenvalue weighted by Crippen LogP contribution is 2.31. The summed E-state index contributed by atoms with van der Waals surface area (Å²) in [6.07, 6.45) is 0.663. The van der Waals surface area contributed by atoms with Gasteiger partial charge in [-0.15, -0.1) is 0 Å². The standard InChI is InChI=1S/C14H16N2O5/c1-3-9-6-11(16(19)20)4-5-12(9)15-8-10(7-13(15)17)14(18)21-2/h4-6,10H,3,7-8H2,1-2H3. The summed E-state index contributed by atoms with van der Waals surface area (Å²) in [5.74, 6) is -1.07. The van der Waals surface area contributed by atoms with Gasteiger partial charge in [0.1, 0.15) is 0 Å². The highest BCUT2D eigenvalue weighted by Gasteiger charge is 2.36. The Morgan fingerprint density at radius 3 is 2.81 bits per heavy atom. The number of aryl methyl sites for hydroxylation is 1. The highest BCUT2D eigenvalue weighted by atomic mass is 16.6. The predicted octanol–water partition coefficient (Wildman–Crippen LogP) is 1.68. The summed E-state index contributed by atoms with van der Waals surface area (Å²) in [5, 5.41) is 10.8. The topological polar surface area (TPSA) is 89.8 Å². The molecule has 1 aromatic rings. The number of nitrogens with zero attached hydrogens (tertiary/aromatic N) is 2. The maximum atomic E-state index is 12.1. The summed E-state index contributed by atoms with van der Waals surface area (Å²) in [6, 6.07) is 4.40. The molecule has 1 fully saturated rings. The number of ether oxygens (including phenoxy) is 1. The first-order chi connectivity index (χ1) is 9.97. The van der Waals surface area contributed by atoms with E-state index in [4.69, 9.17) is 0 Å². The van der Waals surface area contributed by atoms with Crippen LogP contribution in [0.5, 0.6) is 0 Å². The van der Waals surface area contributed by atoms with Crippen LogP contribution < -0.4 is 4.90 Å². The van der Waals surface area contributed by atoms with Crippen LogP contribution in [0.3, 0.4) is 0 Å². The zero-order valence-corrected chi connectivity index (χ0v) is 11.9. The van der Waals surface area contributed by atoms with Crippen molar-refractivity contribution >= 4 is 23.3 Å². The molecule has 0 aromatic heterocycles. The van der Waals surface area contributed by atoms with Crippen molar-refractivity contribution in [3.8, 4) is 0 Å². The van der Waals surface area contributed by atoms with Gasteiger partial charge in [0.2, 0.25) is 5.91 Å². The fourth-order valence-corrected chi connectivity index (χ4v) is 2.50. The van der Waals surface area contributed by atoms with Crippen molar-refractivity contribution in [3.05, 3.63) is 33.9 Å². The first kappa shape index (κ1) is 15.0. The molecule has 0 bridgehead atoms. The van der Waals surface area contributed by atoms with E-state index in [1.54, 1.807) is 6.07 Å². The summed E-state index contributed by atoms with van der Waals surface area (Å²) >= 11 is 0. The number of anilines is 1. The molecule has 0 saturated carbocycles. The zero-order chi connectivity index (χ0) is 15.6. The Hall–Kier alpha value is -2.44. The van der Waals surface area contributed by atoms with E-state index in [2.05, 4.69) is 4.74 Å². The fourth-order valence-electron chi connectivity index (χ4n) is 2.50. The van der Waals surface area contributed by atoms with Gasteiger partial charge in [-0.2, -0.15) is 0 Å². The molecule has 1 amide bonds. The molecule has 1 unspecified atom stereocenters. The molecular formula is C14H16N2O5. The van der Waals surface area contributed by atoms with Crippen molar-refractivity contribution in [3.63, 3.8) is 0 Å². The molecule has 7 heteroatoms. The van der Waals surface area contributed by atoms with Crippen molar-refractivity contribution in [2.45, 2.75) is 19.8 Å². The van der Waals surface area contributed by atoms with Crippen LogP contribution in [0.1, 0.15) is 18.9 Å². The highest BCUT2D eigenvalue weighted by molar-refractivity contribution is 6.00. The Labute approximate surface area is 121 Å². The molecule has 1 aromatic carbocycles. The van der Waals surface area contributed by atoms with E-state index < -0.39 is 16.8 Å². The smallest absolute Gasteiger partial charge is 0.311 e. The Morgan fingerprint density at radius 1 is 1.52 bits per heavy atom. The van der Waals surface area contributed by atoms with Gasteiger partial charge in [-0.3, -0.25) is 19.7 Å². The Morgan fingerprint density at radius 2 is 2.24 bits per heavy atom. The lowest BCUT2D eigenvalue weighted by Gasteiger charge is -2.19. The molecule has 1 aliphatic heterocycles. The molecule has 21 heavy (non-hydrogen) atoms. The van der Waals surface area contributed by atoms with Gasteiger partial charge in [0.05, 0.1) is 18.0 Å². The summed E-state index contributed by atoms with van der Waals surface area (Å²) < 4.78 is 4.67. The minimum absolute atomic E-state index is 0.00763. The molecule has 1 saturated heterocycles. The first-order valence-corrected chi connectivity index (χ1v) is 6.63. The Kier molecular flexibility index (Phi) is 4.21. The number of hydrogen-bond acceptors (Lipinski definition) is 5. The lowest BCUT2D eigenvalue weighted by Crippen LogP contribution is -2.27. The van der Waals surface area contributed by atoms with Crippen molar-refractivity contribution in [2.75, 3.05) is 18.6 Å². The van der Waals surface area contributed by atoms with Crippen molar-refractivity contribution in [1.82, 2.24) is 0 Å². The number of hydrogen-bond donors (Lipinski definition) is 0. The van der Waals surface area contributed by atoms with Gasteiger partial charge < -0.3 is 9.64 Å². The molecule has 1 atom stereocenters. The van der Waals surface area contributed by atoms with E-state index in [-0.39, 0.29) is 24.6 Å². The Balaban J connectivity index is 2.32. The van der Waals surface area contributed by atoms with Crippen LogP contribution in [-0.4, -0.2) is 30.5 Å². The summed E-state index contributed by atoms with van der Waals surface area (Å²) in [5.41, 5.74) is 1.33. The average molecular weight is 292 g/mol. The number of benzene rings is 1. The van der Waals surface area contributed by atoms with Gasteiger partial charge in [0.25, 0.3) is 5.69 Å². The number of nitro benzene ring substituents is 1. The number of carbonyl (C=O) groups excluding carboxylic acids is 2. The summed E-state index contributed by atoms with van der Waals surface area (Å²) in [4.78, 5) is 35.5. The van der Waals surface area contributed by atoms with Gasteiger partial charge in [-0.1, -0.05) is 6.92 Å². The minimum Gasteiger partial charge on any atom is -0.469 e. The SMILES string of the molecule is CCc1cc([N+](=O)[O-])ccc1N1CC(C(=O)OC)CC1=O. The number of methoxy groups -OCH3 is 1. The molecule has 0 radical (unpaired) electrons. The quantitative estimate of drug-likeness (QED) is 0.478. The predicted molar refractivity (Wildman–Crippen MR) is 75.0 cm³/mol. The summed E-state index contributed by atoms with van der Waals surface area (Å²) in [6.45, 7) is 2.11. The molecule has 2 rings (SSSR count). The third kappa shape index (κ3) is 2.86. The normalized spacial score (nSPS) is 17.9. The third-order valence-corrected chi connectivity index (χ3v) is 3.61. The van der Waals surface area contributed by atoms with E-state index in [0.717, 1.165) is 0 Å². The number of esters is 1. The van der Waals surface area contributed by atoms with Crippen LogP contribution in [0.2, 0.25) is 0 Å². The van der Waals surface area contributed by atoms with Crippen molar-refractivity contribution < 1.29 is 19.2 Å². The van der Waals surface area contributed by atoms with Gasteiger partial charge in [0, 0.05) is 30.8 Å². The van der Waals surface area contributed by atoms with E-state index in [1.165, 1.54) is 24.1 Å². The van der Waals surface area contributed by atoms with Crippen LogP contribution in [0, 0.1) is 16.0 Å². The number of rotatable bonds is 4. The number of amides is 1.